The van der Waals surface area contributed by atoms with E-state index in [1.54, 1.807) is 0 Å². The normalized spacial score (nSPS) is 16.0. The lowest BCUT2D eigenvalue weighted by Crippen LogP contribution is -2.21. The van der Waals surface area contributed by atoms with Gasteiger partial charge in [0.15, 0.2) is 7.28 Å². The van der Waals surface area contributed by atoms with Crippen molar-refractivity contribution in [3.8, 4) is 5.69 Å². The molecule has 1 aliphatic rings. The maximum atomic E-state index is 3.68. The summed E-state index contributed by atoms with van der Waals surface area (Å²) in [6, 6.07) is 61.4. The van der Waals surface area contributed by atoms with Gasteiger partial charge in [-0.1, -0.05) is 172 Å². The Morgan fingerprint density at radius 3 is 1.75 bits per heavy atom. The number of nitrogens with zero attached hydrogens (tertiary/aromatic N) is 3. The third kappa shape index (κ3) is 7.60. The fraction of sp³-hybridized carbons (Fsp3) is 0.0847. The Bertz CT molecular complexity index is 3260. The molecule has 0 fully saturated rings. The van der Waals surface area contributed by atoms with Crippen molar-refractivity contribution in [1.29, 1.82) is 0 Å². The molecule has 310 valence electrons. The zero-order valence-electron chi connectivity index (χ0n) is 36.9. The summed E-state index contributed by atoms with van der Waals surface area (Å²) in [7, 11) is 0.726. The molecule has 0 saturated carbocycles. The summed E-state index contributed by atoms with van der Waals surface area (Å²) in [5.41, 5.74) is 14.9. The number of para-hydroxylation sites is 4. The Hall–Kier alpha value is -7.76. The third-order valence-electron chi connectivity index (χ3n) is 12.4. The monoisotopic (exact) mass is 826 g/mol. The van der Waals surface area contributed by atoms with E-state index >= 15 is 0 Å². The molecule has 0 saturated heterocycles. The van der Waals surface area contributed by atoms with Gasteiger partial charge < -0.3 is 19.4 Å². The van der Waals surface area contributed by atoms with Crippen LogP contribution in [0.5, 0.6) is 0 Å². The van der Waals surface area contributed by atoms with E-state index in [9.17, 15) is 0 Å². The molecule has 2 aromatic heterocycles. The van der Waals surface area contributed by atoms with Crippen LogP contribution < -0.4 is 15.7 Å². The summed E-state index contributed by atoms with van der Waals surface area (Å²) in [6.45, 7) is 8.93. The highest BCUT2D eigenvalue weighted by atomic mass is 15.1. The Kier molecular flexibility index (Phi) is 10.8. The van der Waals surface area contributed by atoms with Gasteiger partial charge in [0, 0.05) is 56.1 Å². The van der Waals surface area contributed by atoms with Gasteiger partial charge in [-0.25, -0.2) is 0 Å². The molecule has 0 spiro atoms. The van der Waals surface area contributed by atoms with E-state index in [1.807, 2.05) is 0 Å². The van der Waals surface area contributed by atoms with Crippen LogP contribution in [0.15, 0.2) is 230 Å². The molecule has 0 amide bonds. The van der Waals surface area contributed by atoms with Gasteiger partial charge in [-0.2, -0.15) is 0 Å². The minimum Gasteiger partial charge on any atom is -0.362 e. The molecule has 1 N–H and O–H groups in total. The molecule has 0 bridgehead atoms. The molecule has 64 heavy (non-hydrogen) atoms. The van der Waals surface area contributed by atoms with Crippen molar-refractivity contribution in [1.82, 2.24) is 9.13 Å². The SMILES string of the molecule is C\C=C(/C=C\C(=C1\C=C/C=C/Nc2cc(-n3c4ccccc4c4ccccc43)ccc2B/C=C\N1c1ccc(C(C)(C)C)cc1)c1ccccc1)n1c2ccccc2c2ccccc21. The first-order chi connectivity index (χ1) is 31.4. The van der Waals surface area contributed by atoms with Crippen molar-refractivity contribution in [2.75, 3.05) is 10.2 Å². The number of rotatable bonds is 6. The minimum atomic E-state index is 0.0298. The zero-order valence-corrected chi connectivity index (χ0v) is 36.9. The summed E-state index contributed by atoms with van der Waals surface area (Å²) >= 11 is 0. The first-order valence-corrected chi connectivity index (χ1v) is 22.3. The van der Waals surface area contributed by atoms with Crippen LogP contribution in [0.1, 0.15) is 38.8 Å². The molecule has 5 heteroatoms. The standard InChI is InChI=1S/C59H51BN4/c1-5-44(63-55-26-13-9-21-48(55)49-22-10-14-27-56(49)63)34-36-47(42-19-7-6-8-20-42)54-25-17-18-39-61-53-41-46(64-57-28-15-11-23-50(57)51-24-12-16-29-58(51)64)35-37-52(53)60-38-40-62(54)45-32-30-43(31-33-45)59(2,3)4/h5-41,60-61H,1-4H3/b25-17-,36-34-,39-18+,40-38-,44-5+,54-47+. The molecular formula is C59H51BN4. The van der Waals surface area contributed by atoms with Crippen molar-refractivity contribution >= 4 is 79.0 Å². The zero-order chi connectivity index (χ0) is 43.6. The Morgan fingerprint density at radius 1 is 0.578 bits per heavy atom. The Morgan fingerprint density at radius 2 is 1.14 bits per heavy atom. The van der Waals surface area contributed by atoms with Crippen molar-refractivity contribution in [3.05, 3.63) is 242 Å². The number of hydrogen-bond donors (Lipinski definition) is 1. The van der Waals surface area contributed by atoms with Crippen LogP contribution in [0, 0.1) is 0 Å². The van der Waals surface area contributed by atoms with Crippen LogP contribution in [-0.4, -0.2) is 16.4 Å². The molecule has 0 radical (unpaired) electrons. The van der Waals surface area contributed by atoms with Crippen molar-refractivity contribution in [3.63, 3.8) is 0 Å². The molecule has 3 heterocycles. The van der Waals surface area contributed by atoms with Gasteiger partial charge in [-0.15, -0.1) is 0 Å². The molecule has 0 aliphatic carbocycles. The predicted octanol–water partition coefficient (Wildman–Crippen LogP) is 14.3. The minimum absolute atomic E-state index is 0.0298. The number of aromatic nitrogens is 2. The van der Waals surface area contributed by atoms with Gasteiger partial charge in [-0.05, 0) is 96.4 Å². The van der Waals surface area contributed by atoms with Gasteiger partial charge in [0.1, 0.15) is 0 Å². The summed E-state index contributed by atoms with van der Waals surface area (Å²) in [5, 5.41) is 8.68. The van der Waals surface area contributed by atoms with Gasteiger partial charge in [-0.3, -0.25) is 0 Å². The lowest BCUT2D eigenvalue weighted by atomic mass is 9.69. The molecule has 9 aromatic rings. The third-order valence-corrected chi connectivity index (χ3v) is 12.4. The van der Waals surface area contributed by atoms with E-state index in [-0.39, 0.29) is 5.41 Å². The van der Waals surface area contributed by atoms with Crippen molar-refractivity contribution in [2.24, 2.45) is 0 Å². The van der Waals surface area contributed by atoms with E-state index in [0.717, 1.165) is 46.9 Å². The lowest BCUT2D eigenvalue weighted by molar-refractivity contribution is 0.590. The molecule has 0 unspecified atom stereocenters. The quantitative estimate of drug-likeness (QED) is 0.133. The molecule has 7 aromatic carbocycles. The van der Waals surface area contributed by atoms with Crippen LogP contribution >= 0.6 is 0 Å². The second-order valence-corrected chi connectivity index (χ2v) is 17.4. The fourth-order valence-corrected chi connectivity index (χ4v) is 9.19. The van der Waals surface area contributed by atoms with Crippen LogP contribution in [0.3, 0.4) is 0 Å². The first kappa shape index (κ1) is 40.3. The van der Waals surface area contributed by atoms with E-state index in [2.05, 4.69) is 272 Å². The number of anilines is 2. The predicted molar refractivity (Wildman–Crippen MR) is 278 cm³/mol. The summed E-state index contributed by atoms with van der Waals surface area (Å²) in [5.74, 6) is 2.29. The Balaban J connectivity index is 1.11. The molecule has 1 aliphatic heterocycles. The first-order valence-electron chi connectivity index (χ1n) is 22.3. The van der Waals surface area contributed by atoms with E-state index in [4.69, 9.17) is 0 Å². The topological polar surface area (TPSA) is 25.1 Å². The van der Waals surface area contributed by atoms with Crippen molar-refractivity contribution in [2.45, 2.75) is 33.1 Å². The van der Waals surface area contributed by atoms with Crippen molar-refractivity contribution < 1.29 is 0 Å². The second-order valence-electron chi connectivity index (χ2n) is 17.4. The number of allylic oxidation sites excluding steroid dienone is 8. The Labute approximate surface area is 377 Å². The van der Waals surface area contributed by atoms with E-state index in [1.165, 1.54) is 54.6 Å². The molecule has 10 rings (SSSR count). The average molecular weight is 827 g/mol. The van der Waals surface area contributed by atoms with Gasteiger partial charge in [0.05, 0.1) is 27.8 Å². The number of hydrogen-bond acceptors (Lipinski definition) is 2. The number of fused-ring (bicyclic) bond motifs is 7. The smallest absolute Gasteiger partial charge is 0.187 e. The highest BCUT2D eigenvalue weighted by molar-refractivity contribution is 6.60. The second kappa shape index (κ2) is 17.2. The summed E-state index contributed by atoms with van der Waals surface area (Å²) in [6.07, 6.45) is 17.6. The van der Waals surface area contributed by atoms with Gasteiger partial charge in [0.25, 0.3) is 0 Å². The molecule has 4 nitrogen and oxygen atoms in total. The van der Waals surface area contributed by atoms with Crippen LogP contribution in [0.4, 0.5) is 11.4 Å². The van der Waals surface area contributed by atoms with Gasteiger partial charge >= 0.3 is 0 Å². The average Bonchev–Trinajstić information content (AvgIpc) is 3.84. The maximum Gasteiger partial charge on any atom is 0.187 e. The highest BCUT2D eigenvalue weighted by Gasteiger charge is 2.19. The molecule has 0 atom stereocenters. The number of benzene rings is 7. The van der Waals surface area contributed by atoms with Crippen LogP contribution in [0.25, 0.3) is 60.6 Å². The van der Waals surface area contributed by atoms with Crippen LogP contribution in [-0.2, 0) is 5.41 Å². The highest BCUT2D eigenvalue weighted by Crippen LogP contribution is 2.36. The largest absolute Gasteiger partial charge is 0.362 e. The van der Waals surface area contributed by atoms with E-state index < -0.39 is 0 Å². The number of nitrogens with one attached hydrogen (secondary N) is 1. The summed E-state index contributed by atoms with van der Waals surface area (Å²) in [4.78, 5) is 2.35. The fourth-order valence-electron chi connectivity index (χ4n) is 9.19. The summed E-state index contributed by atoms with van der Waals surface area (Å²) < 4.78 is 4.76. The van der Waals surface area contributed by atoms with E-state index in [0.29, 0.717) is 0 Å². The molecular weight excluding hydrogens is 775 g/mol. The van der Waals surface area contributed by atoms with Gasteiger partial charge in [0.2, 0.25) is 0 Å². The lowest BCUT2D eigenvalue weighted by Gasteiger charge is -2.27. The maximum absolute atomic E-state index is 3.68. The van der Waals surface area contributed by atoms with Crippen LogP contribution in [0.2, 0.25) is 0 Å².